The predicted molar refractivity (Wildman–Crippen MR) is 80.4 cm³/mol. The lowest BCUT2D eigenvalue weighted by atomic mass is 10.2. The number of carboxylic acids is 1. The summed E-state index contributed by atoms with van der Waals surface area (Å²) in [5.74, 6) is -0.977. The number of amides is 2. The lowest BCUT2D eigenvalue weighted by Crippen LogP contribution is -2.48. The quantitative estimate of drug-likeness (QED) is 0.875. The van der Waals surface area contributed by atoms with Crippen molar-refractivity contribution >= 4 is 23.3 Å². The van der Waals surface area contributed by atoms with Crippen molar-refractivity contribution in [2.24, 2.45) is 0 Å². The van der Waals surface area contributed by atoms with E-state index in [1.54, 1.807) is 6.20 Å². The van der Waals surface area contributed by atoms with Gasteiger partial charge in [-0.05, 0) is 26.7 Å². The molecule has 0 radical (unpaired) electrons. The second-order valence-electron chi connectivity index (χ2n) is 5.44. The van der Waals surface area contributed by atoms with Gasteiger partial charge >= 0.3 is 12.0 Å². The van der Waals surface area contributed by atoms with Crippen LogP contribution in [0.2, 0.25) is 0 Å². The molecule has 1 aromatic rings. The molecule has 21 heavy (non-hydrogen) atoms. The van der Waals surface area contributed by atoms with Crippen LogP contribution >= 0.6 is 11.3 Å². The number of hydrogen-bond donors (Lipinski definition) is 2. The zero-order valence-electron chi connectivity index (χ0n) is 12.3. The molecule has 1 heterocycles. The third kappa shape index (κ3) is 4.17. The highest BCUT2D eigenvalue weighted by molar-refractivity contribution is 7.11. The van der Waals surface area contributed by atoms with Crippen LogP contribution in [0.1, 0.15) is 48.5 Å². The Kier molecular flexibility index (Phi) is 5.17. The van der Waals surface area contributed by atoms with Crippen LogP contribution in [0.15, 0.2) is 6.20 Å². The minimum Gasteiger partial charge on any atom is -0.480 e. The Hall–Kier alpha value is -1.63. The fourth-order valence-corrected chi connectivity index (χ4v) is 3.41. The Balaban J connectivity index is 2.01. The number of rotatable bonds is 5. The van der Waals surface area contributed by atoms with Crippen LogP contribution in [0.5, 0.6) is 0 Å². The Morgan fingerprint density at radius 1 is 1.52 bits per heavy atom. The minimum absolute atomic E-state index is 0.0336. The normalized spacial score (nSPS) is 16.7. The van der Waals surface area contributed by atoms with Gasteiger partial charge in [-0.3, -0.25) is 4.79 Å². The number of nitrogens with one attached hydrogen (secondary N) is 1. The average Bonchev–Trinajstić information content (AvgIpc) is 3.06. The summed E-state index contributed by atoms with van der Waals surface area (Å²) < 4.78 is 0. The summed E-state index contributed by atoms with van der Waals surface area (Å²) in [6, 6.07) is -0.495. The zero-order valence-corrected chi connectivity index (χ0v) is 13.2. The summed E-state index contributed by atoms with van der Waals surface area (Å²) in [7, 11) is 0. The molecule has 1 aliphatic carbocycles. The summed E-state index contributed by atoms with van der Waals surface area (Å²) in [6.45, 7) is 3.58. The van der Waals surface area contributed by atoms with E-state index < -0.39 is 5.97 Å². The maximum Gasteiger partial charge on any atom is 0.323 e. The topological polar surface area (TPSA) is 82.5 Å². The number of aromatic nitrogens is 1. The van der Waals surface area contributed by atoms with Crippen molar-refractivity contribution in [3.63, 3.8) is 0 Å². The van der Waals surface area contributed by atoms with E-state index in [-0.39, 0.29) is 24.7 Å². The Bertz CT molecular complexity index is 511. The van der Waals surface area contributed by atoms with E-state index >= 15 is 0 Å². The molecule has 0 aliphatic heterocycles. The van der Waals surface area contributed by atoms with E-state index in [0.29, 0.717) is 0 Å². The van der Waals surface area contributed by atoms with Crippen LogP contribution < -0.4 is 5.32 Å². The first-order chi connectivity index (χ1) is 9.97. The van der Waals surface area contributed by atoms with Gasteiger partial charge in [0.1, 0.15) is 11.6 Å². The molecule has 2 N–H and O–H groups in total. The first-order valence-electron chi connectivity index (χ1n) is 7.18. The van der Waals surface area contributed by atoms with Crippen LogP contribution in [0, 0.1) is 6.92 Å². The lowest BCUT2D eigenvalue weighted by Gasteiger charge is -2.28. The first-order valence-corrected chi connectivity index (χ1v) is 8.00. The van der Waals surface area contributed by atoms with Gasteiger partial charge in [0, 0.05) is 17.1 Å². The Morgan fingerprint density at radius 2 is 2.19 bits per heavy atom. The molecule has 2 rings (SSSR count). The number of urea groups is 1. The van der Waals surface area contributed by atoms with Crippen LogP contribution in [-0.2, 0) is 4.79 Å². The van der Waals surface area contributed by atoms with Crippen molar-refractivity contribution in [3.05, 3.63) is 16.1 Å². The number of thiazole rings is 1. The number of carbonyl (C=O) groups excluding carboxylic acids is 1. The zero-order chi connectivity index (χ0) is 15.4. The number of carboxylic acid groups (broad SMARTS) is 1. The maximum absolute atomic E-state index is 12.4. The largest absolute Gasteiger partial charge is 0.480 e. The van der Waals surface area contributed by atoms with Crippen LogP contribution in [0.25, 0.3) is 0 Å². The molecule has 1 aromatic heterocycles. The van der Waals surface area contributed by atoms with E-state index in [1.165, 1.54) is 16.2 Å². The number of nitrogens with zero attached hydrogens (tertiary/aromatic N) is 2. The molecule has 0 aromatic carbocycles. The summed E-state index contributed by atoms with van der Waals surface area (Å²) in [5.41, 5.74) is 0. The van der Waals surface area contributed by atoms with E-state index in [2.05, 4.69) is 10.3 Å². The summed E-state index contributed by atoms with van der Waals surface area (Å²) in [5, 5.41) is 12.7. The van der Waals surface area contributed by atoms with Crippen molar-refractivity contribution in [2.75, 3.05) is 6.54 Å². The fourth-order valence-electron chi connectivity index (χ4n) is 2.63. The smallest absolute Gasteiger partial charge is 0.323 e. The SMILES string of the molecule is Cc1cnc(C(C)NC(=O)N(CC(=O)O)C2CCCC2)s1. The van der Waals surface area contributed by atoms with Crippen LogP contribution in [0.3, 0.4) is 0 Å². The molecule has 1 aliphatic rings. The van der Waals surface area contributed by atoms with E-state index in [1.807, 2.05) is 13.8 Å². The Morgan fingerprint density at radius 3 is 2.71 bits per heavy atom. The highest BCUT2D eigenvalue weighted by Crippen LogP contribution is 2.24. The van der Waals surface area contributed by atoms with Gasteiger partial charge in [0.05, 0.1) is 6.04 Å². The maximum atomic E-state index is 12.4. The lowest BCUT2D eigenvalue weighted by molar-refractivity contribution is -0.138. The molecule has 0 bridgehead atoms. The number of carbonyl (C=O) groups is 2. The number of aryl methyl sites for hydroxylation is 1. The molecule has 6 nitrogen and oxygen atoms in total. The van der Waals surface area contributed by atoms with Crippen molar-refractivity contribution in [2.45, 2.75) is 51.6 Å². The van der Waals surface area contributed by atoms with Gasteiger partial charge in [0.15, 0.2) is 0 Å². The standard InChI is InChI=1S/C14H21N3O3S/c1-9-7-15-13(21-9)10(2)16-14(20)17(8-12(18)19)11-5-3-4-6-11/h7,10-11H,3-6,8H2,1-2H3,(H,16,20)(H,18,19). The molecule has 0 saturated heterocycles. The summed E-state index contributed by atoms with van der Waals surface area (Å²) in [6.07, 6.45) is 5.64. The summed E-state index contributed by atoms with van der Waals surface area (Å²) in [4.78, 5) is 30.2. The van der Waals surface area contributed by atoms with Crippen LogP contribution in [-0.4, -0.2) is 39.6 Å². The second kappa shape index (κ2) is 6.89. The molecule has 0 spiro atoms. The van der Waals surface area contributed by atoms with Gasteiger partial charge in [0.25, 0.3) is 0 Å². The molecule has 2 amide bonds. The highest BCUT2D eigenvalue weighted by atomic mass is 32.1. The molecule has 1 unspecified atom stereocenters. The highest BCUT2D eigenvalue weighted by Gasteiger charge is 2.29. The van der Waals surface area contributed by atoms with Gasteiger partial charge in [-0.2, -0.15) is 0 Å². The van der Waals surface area contributed by atoms with Crippen LogP contribution in [0.4, 0.5) is 4.79 Å². The van der Waals surface area contributed by atoms with Crippen molar-refractivity contribution in [3.8, 4) is 0 Å². The van der Waals surface area contributed by atoms with Gasteiger partial charge in [0.2, 0.25) is 0 Å². The van der Waals surface area contributed by atoms with E-state index in [9.17, 15) is 9.59 Å². The molecular formula is C14H21N3O3S. The molecule has 1 fully saturated rings. The molecular weight excluding hydrogens is 290 g/mol. The molecule has 1 atom stereocenters. The number of aliphatic carboxylic acids is 1. The predicted octanol–water partition coefficient (Wildman–Crippen LogP) is 2.55. The minimum atomic E-state index is -0.977. The van der Waals surface area contributed by atoms with Gasteiger partial charge in [-0.25, -0.2) is 9.78 Å². The monoisotopic (exact) mass is 311 g/mol. The first kappa shape index (κ1) is 15.8. The van der Waals surface area contributed by atoms with Crippen molar-refractivity contribution < 1.29 is 14.7 Å². The molecule has 116 valence electrons. The van der Waals surface area contributed by atoms with E-state index in [0.717, 1.165) is 35.6 Å². The molecule has 1 saturated carbocycles. The van der Waals surface area contributed by atoms with Gasteiger partial charge in [-0.15, -0.1) is 11.3 Å². The third-order valence-corrected chi connectivity index (χ3v) is 4.78. The van der Waals surface area contributed by atoms with Gasteiger partial charge < -0.3 is 15.3 Å². The van der Waals surface area contributed by atoms with E-state index in [4.69, 9.17) is 5.11 Å². The molecule has 7 heteroatoms. The summed E-state index contributed by atoms with van der Waals surface area (Å²) >= 11 is 1.54. The average molecular weight is 311 g/mol. The van der Waals surface area contributed by atoms with Gasteiger partial charge in [-0.1, -0.05) is 12.8 Å². The third-order valence-electron chi connectivity index (χ3n) is 3.68. The second-order valence-corrected chi connectivity index (χ2v) is 6.71. The Labute approximate surface area is 128 Å². The fraction of sp³-hybridized carbons (Fsp3) is 0.643. The van der Waals surface area contributed by atoms with Crippen molar-refractivity contribution in [1.29, 1.82) is 0 Å². The van der Waals surface area contributed by atoms with Crippen molar-refractivity contribution in [1.82, 2.24) is 15.2 Å². The number of hydrogen-bond acceptors (Lipinski definition) is 4.